The van der Waals surface area contributed by atoms with Gasteiger partial charge in [0.1, 0.15) is 0 Å². The average Bonchev–Trinajstić information content (AvgIpc) is 2.61. The minimum atomic E-state index is -8.08. The number of benzene rings is 1. The minimum Gasteiger partial charge on any atom is -0.266 e. The van der Waals surface area contributed by atoms with Crippen LogP contribution >= 0.6 is 15.9 Å². The second-order valence-corrected chi connectivity index (χ2v) is 6.54. The molecule has 0 aliphatic carbocycles. The van der Waals surface area contributed by atoms with E-state index < -0.39 is 41.7 Å². The van der Waals surface area contributed by atoms with Crippen LogP contribution in [0, 0.1) is 0 Å². The lowest BCUT2D eigenvalue weighted by Gasteiger charge is -2.38. The summed E-state index contributed by atoms with van der Waals surface area (Å²) in [6.45, 7) is 0. The number of carbonyl (C=O) groups excluding carboxylic acids is 1. The fraction of sp³-hybridized carbons (Fsp3) is 0.429. The molecule has 3 nitrogen and oxygen atoms in total. The molecule has 1 amide bonds. The molecule has 0 aromatic heterocycles. The molecule has 0 heterocycles. The maximum atomic E-state index is 13.5. The number of amides is 1. The van der Waals surface area contributed by atoms with Crippen LogP contribution in [-0.4, -0.2) is 47.9 Å². The Bertz CT molecular complexity index is 834. The van der Waals surface area contributed by atoms with Crippen molar-refractivity contribution in [3.05, 3.63) is 34.3 Å². The molecule has 17 heteroatoms. The Morgan fingerprint density at radius 2 is 1.16 bits per heavy atom. The summed E-state index contributed by atoms with van der Waals surface area (Å²) in [5.41, 5.74) is 0.600. The maximum Gasteiger partial charge on any atom is 0.460 e. The van der Waals surface area contributed by atoms with Gasteiger partial charge in [0.05, 0.1) is 6.21 Å². The Hall–Kier alpha value is -2.07. The predicted octanol–water partition coefficient (Wildman–Crippen LogP) is 5.64. The summed E-state index contributed by atoms with van der Waals surface area (Å²) in [7, 11) is 0. The van der Waals surface area contributed by atoms with Crippen molar-refractivity contribution >= 4 is 28.1 Å². The molecule has 0 unspecified atom stereocenters. The van der Waals surface area contributed by atoms with E-state index in [1.54, 1.807) is 0 Å². The van der Waals surface area contributed by atoms with Gasteiger partial charge in [-0.2, -0.15) is 62.2 Å². The van der Waals surface area contributed by atoms with E-state index in [1.807, 2.05) is 0 Å². The number of nitrogens with zero attached hydrogens (tertiary/aromatic N) is 1. The van der Waals surface area contributed by atoms with Gasteiger partial charge < -0.3 is 0 Å². The molecule has 0 spiro atoms. The van der Waals surface area contributed by atoms with Gasteiger partial charge in [0.25, 0.3) is 0 Å². The van der Waals surface area contributed by atoms with E-state index in [9.17, 15) is 61.9 Å². The number of alkyl halides is 13. The smallest absolute Gasteiger partial charge is 0.266 e. The van der Waals surface area contributed by atoms with Crippen LogP contribution in [0.5, 0.6) is 0 Å². The van der Waals surface area contributed by atoms with Gasteiger partial charge in [-0.05, 0) is 17.7 Å². The number of hydrazone groups is 1. The number of carbonyl (C=O) groups is 1. The molecule has 0 atom stereocenters. The highest BCUT2D eigenvalue weighted by Crippen LogP contribution is 2.60. The lowest BCUT2D eigenvalue weighted by Crippen LogP contribution is -2.71. The standard InChI is InChI=1S/C14H6BrF13N2O/c15-7-3-1-6(2-4-7)5-29-30-8(31)9(16,17)10(18,19)11(20,21)12(22,23)13(24,25)14(26,27)28/h1-5H,(H,30,31)/b29-5-. The van der Waals surface area contributed by atoms with Crippen molar-refractivity contribution < 1.29 is 61.9 Å². The Morgan fingerprint density at radius 3 is 1.58 bits per heavy atom. The summed E-state index contributed by atoms with van der Waals surface area (Å²) >= 11 is 2.99. The van der Waals surface area contributed by atoms with Gasteiger partial charge in [-0.25, -0.2) is 5.43 Å². The molecule has 0 aliphatic rings. The Balaban J connectivity index is 3.23. The van der Waals surface area contributed by atoms with Gasteiger partial charge in [0.2, 0.25) is 0 Å². The molecule has 0 bridgehead atoms. The number of hydrogen-bond donors (Lipinski definition) is 1. The van der Waals surface area contributed by atoms with E-state index in [2.05, 4.69) is 21.0 Å². The number of nitrogens with one attached hydrogen (secondary N) is 1. The SMILES string of the molecule is O=C(N/N=C\c1ccc(Br)cc1)C(F)(F)C(F)(F)C(F)(F)C(F)(F)C(F)(F)C(F)(F)F. The van der Waals surface area contributed by atoms with Crippen LogP contribution < -0.4 is 5.43 Å². The normalized spacial score (nSPS) is 14.8. The van der Waals surface area contributed by atoms with Crippen molar-refractivity contribution in [2.24, 2.45) is 5.10 Å². The Morgan fingerprint density at radius 1 is 0.742 bits per heavy atom. The molecule has 0 aliphatic heterocycles. The van der Waals surface area contributed by atoms with Crippen molar-refractivity contribution in [1.82, 2.24) is 5.43 Å². The first kappa shape index (κ1) is 27.0. The molecule has 0 saturated heterocycles. The summed E-state index contributed by atoms with van der Waals surface area (Å²) in [4.78, 5) is 11.1. The van der Waals surface area contributed by atoms with Gasteiger partial charge >= 0.3 is 41.7 Å². The monoisotopic (exact) mass is 544 g/mol. The molecule has 1 rings (SSSR count). The molecule has 1 aromatic rings. The zero-order valence-electron chi connectivity index (χ0n) is 14.0. The Kier molecular flexibility index (Phi) is 7.07. The molecular formula is C14H6BrF13N2O. The van der Waals surface area contributed by atoms with Crippen molar-refractivity contribution in [1.29, 1.82) is 0 Å². The summed E-state index contributed by atoms with van der Waals surface area (Å²) in [5.74, 6) is -42.1. The van der Waals surface area contributed by atoms with Gasteiger partial charge in [0, 0.05) is 4.47 Å². The fourth-order valence-corrected chi connectivity index (χ4v) is 1.96. The highest BCUT2D eigenvalue weighted by atomic mass is 79.9. The van der Waals surface area contributed by atoms with E-state index in [4.69, 9.17) is 0 Å². The Labute approximate surface area is 171 Å². The molecule has 31 heavy (non-hydrogen) atoms. The molecule has 1 aromatic carbocycles. The van der Waals surface area contributed by atoms with E-state index >= 15 is 0 Å². The summed E-state index contributed by atoms with van der Waals surface area (Å²) in [6.07, 6.45) is -7.02. The zero-order chi connectivity index (χ0) is 24.7. The molecule has 176 valence electrons. The zero-order valence-corrected chi connectivity index (χ0v) is 15.6. The maximum absolute atomic E-state index is 13.5. The lowest BCUT2D eigenvalue weighted by atomic mass is 9.93. The highest BCUT2D eigenvalue weighted by Gasteiger charge is 2.91. The summed E-state index contributed by atoms with van der Waals surface area (Å²) in [6, 6.07) is 5.10. The van der Waals surface area contributed by atoms with Crippen LogP contribution in [0.2, 0.25) is 0 Å². The van der Waals surface area contributed by atoms with Crippen LogP contribution in [0.15, 0.2) is 33.8 Å². The first-order chi connectivity index (χ1) is 13.6. The number of rotatable bonds is 7. The number of hydrogen-bond acceptors (Lipinski definition) is 2. The van der Waals surface area contributed by atoms with E-state index in [-0.39, 0.29) is 5.56 Å². The van der Waals surface area contributed by atoms with Gasteiger partial charge in [0.15, 0.2) is 0 Å². The highest BCUT2D eigenvalue weighted by molar-refractivity contribution is 9.10. The van der Waals surface area contributed by atoms with Crippen LogP contribution in [0.4, 0.5) is 57.1 Å². The van der Waals surface area contributed by atoms with Gasteiger partial charge in [-0.1, -0.05) is 28.1 Å². The topological polar surface area (TPSA) is 41.5 Å². The molecule has 0 fully saturated rings. The third kappa shape index (κ3) is 4.45. The van der Waals surface area contributed by atoms with Crippen LogP contribution in [0.1, 0.15) is 5.56 Å². The minimum absolute atomic E-state index is 0.0141. The number of halogens is 14. The molecule has 0 radical (unpaired) electrons. The van der Waals surface area contributed by atoms with E-state index in [1.165, 1.54) is 24.3 Å². The second-order valence-electron chi connectivity index (χ2n) is 5.62. The predicted molar refractivity (Wildman–Crippen MR) is 80.7 cm³/mol. The molecule has 1 N–H and O–H groups in total. The van der Waals surface area contributed by atoms with Crippen molar-refractivity contribution in [2.45, 2.75) is 35.8 Å². The summed E-state index contributed by atoms with van der Waals surface area (Å²) in [5, 5.41) is 2.67. The first-order valence-corrected chi connectivity index (χ1v) is 7.98. The fourth-order valence-electron chi connectivity index (χ4n) is 1.70. The lowest BCUT2D eigenvalue weighted by molar-refractivity contribution is -0.436. The largest absolute Gasteiger partial charge is 0.460 e. The van der Waals surface area contributed by atoms with E-state index in [0.29, 0.717) is 16.1 Å². The molecule has 0 saturated carbocycles. The van der Waals surface area contributed by atoms with Crippen LogP contribution in [-0.2, 0) is 4.79 Å². The van der Waals surface area contributed by atoms with Gasteiger partial charge in [-0.15, -0.1) is 0 Å². The van der Waals surface area contributed by atoms with Crippen molar-refractivity contribution in [2.75, 3.05) is 0 Å². The third-order valence-electron chi connectivity index (χ3n) is 3.47. The van der Waals surface area contributed by atoms with Crippen molar-refractivity contribution in [3.63, 3.8) is 0 Å². The van der Waals surface area contributed by atoms with Gasteiger partial charge in [-0.3, -0.25) is 4.79 Å². The van der Waals surface area contributed by atoms with Crippen LogP contribution in [0.25, 0.3) is 0 Å². The third-order valence-corrected chi connectivity index (χ3v) is 4.00. The van der Waals surface area contributed by atoms with Crippen molar-refractivity contribution in [3.8, 4) is 0 Å². The molecular weight excluding hydrogens is 539 g/mol. The van der Waals surface area contributed by atoms with E-state index in [0.717, 1.165) is 0 Å². The van der Waals surface area contributed by atoms with Crippen LogP contribution in [0.3, 0.4) is 0 Å². The quantitative estimate of drug-likeness (QED) is 0.269. The summed E-state index contributed by atoms with van der Waals surface area (Å²) < 4.78 is 168. The first-order valence-electron chi connectivity index (χ1n) is 7.19. The second kappa shape index (κ2) is 8.12. The average molecular weight is 545 g/mol.